The zero-order valence-corrected chi connectivity index (χ0v) is 12.7. The van der Waals surface area contributed by atoms with Gasteiger partial charge in [-0.2, -0.15) is 0 Å². The molecule has 0 spiro atoms. The number of hydrogen-bond donors (Lipinski definition) is 0. The lowest BCUT2D eigenvalue weighted by atomic mass is 10.1. The van der Waals surface area contributed by atoms with Crippen LogP contribution in [0.1, 0.15) is 23.0 Å². The van der Waals surface area contributed by atoms with Gasteiger partial charge in [0.05, 0.1) is 7.11 Å². The van der Waals surface area contributed by atoms with E-state index in [2.05, 4.69) is 0 Å². The van der Waals surface area contributed by atoms with Crippen molar-refractivity contribution in [2.24, 2.45) is 0 Å². The van der Waals surface area contributed by atoms with Crippen LogP contribution in [0.15, 0.2) is 47.3 Å². The second-order valence-corrected chi connectivity index (χ2v) is 5.49. The summed E-state index contributed by atoms with van der Waals surface area (Å²) in [7, 11) is 1.62. The quantitative estimate of drug-likeness (QED) is 0.869. The number of amides is 1. The van der Waals surface area contributed by atoms with E-state index in [4.69, 9.17) is 4.74 Å². The molecule has 1 aliphatic heterocycles. The molecular formula is C17H18N2O3. The van der Waals surface area contributed by atoms with Gasteiger partial charge in [0.1, 0.15) is 11.4 Å². The molecular weight excluding hydrogens is 280 g/mol. The van der Waals surface area contributed by atoms with Crippen LogP contribution in [0.5, 0.6) is 5.75 Å². The van der Waals surface area contributed by atoms with Gasteiger partial charge in [-0.15, -0.1) is 0 Å². The molecule has 22 heavy (non-hydrogen) atoms. The number of carbonyl (C=O) groups is 1. The van der Waals surface area contributed by atoms with Gasteiger partial charge in [0.15, 0.2) is 0 Å². The highest BCUT2D eigenvalue weighted by Gasteiger charge is 2.29. The number of methoxy groups -OCH3 is 1. The molecule has 0 saturated heterocycles. The Labute approximate surface area is 128 Å². The number of benzene rings is 1. The van der Waals surface area contributed by atoms with E-state index < -0.39 is 0 Å². The van der Waals surface area contributed by atoms with Crippen LogP contribution >= 0.6 is 0 Å². The molecule has 1 atom stereocenters. The minimum Gasteiger partial charge on any atom is -0.497 e. The van der Waals surface area contributed by atoms with Crippen molar-refractivity contribution >= 4 is 5.91 Å². The van der Waals surface area contributed by atoms with E-state index in [1.54, 1.807) is 28.7 Å². The molecule has 5 heteroatoms. The third kappa shape index (κ3) is 2.50. The molecule has 3 rings (SSSR count). The van der Waals surface area contributed by atoms with Crippen LogP contribution < -0.4 is 10.3 Å². The highest BCUT2D eigenvalue weighted by Crippen LogP contribution is 2.20. The van der Waals surface area contributed by atoms with E-state index in [0.29, 0.717) is 18.8 Å². The van der Waals surface area contributed by atoms with Gasteiger partial charge in [0.2, 0.25) is 0 Å². The van der Waals surface area contributed by atoms with Crippen LogP contribution in [-0.2, 0) is 13.1 Å². The maximum absolute atomic E-state index is 12.6. The molecule has 114 valence electrons. The molecule has 0 fully saturated rings. The average molecular weight is 298 g/mol. The van der Waals surface area contributed by atoms with Crippen molar-refractivity contribution in [2.75, 3.05) is 7.11 Å². The van der Waals surface area contributed by atoms with Crippen LogP contribution in [0.3, 0.4) is 0 Å². The highest BCUT2D eigenvalue weighted by atomic mass is 16.5. The van der Waals surface area contributed by atoms with Gasteiger partial charge in [0, 0.05) is 25.2 Å². The number of rotatable bonds is 3. The van der Waals surface area contributed by atoms with Crippen LogP contribution in [-0.4, -0.2) is 28.5 Å². The number of ether oxygens (including phenoxy) is 1. The molecule has 0 aliphatic carbocycles. The zero-order valence-electron chi connectivity index (χ0n) is 12.7. The van der Waals surface area contributed by atoms with Crippen molar-refractivity contribution < 1.29 is 9.53 Å². The summed E-state index contributed by atoms with van der Waals surface area (Å²) >= 11 is 0. The minimum absolute atomic E-state index is 0.0257. The van der Waals surface area contributed by atoms with Crippen molar-refractivity contribution in [1.29, 1.82) is 0 Å². The molecule has 1 aliphatic rings. The molecule has 1 amide bonds. The lowest BCUT2D eigenvalue weighted by Gasteiger charge is -2.35. The molecule has 0 radical (unpaired) electrons. The third-order valence-corrected chi connectivity index (χ3v) is 4.02. The summed E-state index contributed by atoms with van der Waals surface area (Å²) in [5.41, 5.74) is 1.37. The maximum Gasteiger partial charge on any atom is 0.271 e. The van der Waals surface area contributed by atoms with Gasteiger partial charge >= 0.3 is 0 Å². The molecule has 2 aromatic rings. The van der Waals surface area contributed by atoms with Gasteiger partial charge in [-0.05, 0) is 30.7 Å². The fourth-order valence-electron chi connectivity index (χ4n) is 2.76. The normalized spacial score (nSPS) is 17.3. The van der Waals surface area contributed by atoms with E-state index in [1.807, 2.05) is 31.2 Å². The van der Waals surface area contributed by atoms with Crippen LogP contribution in [0, 0.1) is 0 Å². The Morgan fingerprint density at radius 1 is 1.14 bits per heavy atom. The van der Waals surface area contributed by atoms with E-state index >= 15 is 0 Å². The monoisotopic (exact) mass is 298 g/mol. The standard InChI is InChI=1S/C17H18N2O3/c1-12-10-19-15(4-3-5-16(19)20)17(21)18(12)11-13-6-8-14(22-2)9-7-13/h3-9,12H,10-11H2,1-2H3. The van der Waals surface area contributed by atoms with Gasteiger partial charge < -0.3 is 14.2 Å². The predicted molar refractivity (Wildman–Crippen MR) is 83.0 cm³/mol. The predicted octanol–water partition coefficient (Wildman–Crippen LogP) is 1.90. The summed E-state index contributed by atoms with van der Waals surface area (Å²) in [5, 5.41) is 0. The molecule has 0 saturated carbocycles. The lowest BCUT2D eigenvalue weighted by molar-refractivity contribution is 0.0590. The Morgan fingerprint density at radius 3 is 2.55 bits per heavy atom. The number of aromatic nitrogens is 1. The molecule has 5 nitrogen and oxygen atoms in total. The van der Waals surface area contributed by atoms with Crippen LogP contribution in [0.2, 0.25) is 0 Å². The molecule has 1 aromatic heterocycles. The Balaban J connectivity index is 1.88. The van der Waals surface area contributed by atoms with Crippen molar-refractivity contribution in [3.05, 3.63) is 64.1 Å². The molecule has 1 aromatic carbocycles. The first-order chi connectivity index (χ1) is 10.6. The highest BCUT2D eigenvalue weighted by molar-refractivity contribution is 5.93. The summed E-state index contributed by atoms with van der Waals surface area (Å²) in [5.74, 6) is 0.686. The summed E-state index contributed by atoms with van der Waals surface area (Å²) < 4.78 is 6.70. The van der Waals surface area contributed by atoms with Crippen molar-refractivity contribution in [2.45, 2.75) is 26.1 Å². The minimum atomic E-state index is -0.123. The largest absolute Gasteiger partial charge is 0.497 e. The Hall–Kier alpha value is -2.56. The van der Waals surface area contributed by atoms with E-state index in [0.717, 1.165) is 11.3 Å². The first-order valence-corrected chi connectivity index (χ1v) is 7.24. The van der Waals surface area contributed by atoms with Gasteiger partial charge in [-0.25, -0.2) is 0 Å². The topological polar surface area (TPSA) is 51.5 Å². The SMILES string of the molecule is COc1ccc(CN2C(=O)c3cccc(=O)n3CC2C)cc1. The van der Waals surface area contributed by atoms with E-state index in [1.165, 1.54) is 6.07 Å². The number of nitrogens with zero attached hydrogens (tertiary/aromatic N) is 2. The first kappa shape index (κ1) is 14.4. The second-order valence-electron chi connectivity index (χ2n) is 5.49. The van der Waals surface area contributed by atoms with E-state index in [-0.39, 0.29) is 17.5 Å². The Bertz CT molecular complexity index is 749. The van der Waals surface area contributed by atoms with Gasteiger partial charge in [0.25, 0.3) is 11.5 Å². The number of pyridine rings is 1. The maximum atomic E-state index is 12.6. The Morgan fingerprint density at radius 2 is 1.86 bits per heavy atom. The fourth-order valence-corrected chi connectivity index (χ4v) is 2.76. The second kappa shape index (κ2) is 5.67. The number of hydrogen-bond acceptors (Lipinski definition) is 3. The molecule has 0 bridgehead atoms. The molecule has 0 N–H and O–H groups in total. The summed E-state index contributed by atoms with van der Waals surface area (Å²) in [4.78, 5) is 26.3. The fraction of sp³-hybridized carbons (Fsp3) is 0.294. The van der Waals surface area contributed by atoms with Crippen molar-refractivity contribution in [3.63, 3.8) is 0 Å². The van der Waals surface area contributed by atoms with E-state index in [9.17, 15) is 9.59 Å². The van der Waals surface area contributed by atoms with Crippen LogP contribution in [0.4, 0.5) is 0 Å². The summed E-state index contributed by atoms with van der Waals surface area (Å²) in [6, 6.07) is 12.5. The summed E-state index contributed by atoms with van der Waals surface area (Å²) in [6.45, 7) is 3.01. The number of carbonyl (C=O) groups excluding carboxylic acids is 1. The van der Waals surface area contributed by atoms with Crippen LogP contribution in [0.25, 0.3) is 0 Å². The smallest absolute Gasteiger partial charge is 0.271 e. The molecule has 1 unspecified atom stereocenters. The van der Waals surface area contributed by atoms with Crippen molar-refractivity contribution in [1.82, 2.24) is 9.47 Å². The molecule has 2 heterocycles. The third-order valence-electron chi connectivity index (χ3n) is 4.02. The number of fused-ring (bicyclic) bond motifs is 1. The van der Waals surface area contributed by atoms with Crippen molar-refractivity contribution in [3.8, 4) is 5.75 Å². The zero-order chi connectivity index (χ0) is 15.7. The Kier molecular flexibility index (Phi) is 3.71. The first-order valence-electron chi connectivity index (χ1n) is 7.24. The average Bonchev–Trinajstić information content (AvgIpc) is 2.53. The van der Waals surface area contributed by atoms with Gasteiger partial charge in [-0.1, -0.05) is 18.2 Å². The van der Waals surface area contributed by atoms with Gasteiger partial charge in [-0.3, -0.25) is 9.59 Å². The summed E-state index contributed by atoms with van der Waals surface area (Å²) in [6.07, 6.45) is 0. The lowest BCUT2D eigenvalue weighted by Crippen LogP contribution is -2.49.